The van der Waals surface area contributed by atoms with Crippen LogP contribution < -0.4 is 0 Å². The highest BCUT2D eigenvalue weighted by molar-refractivity contribution is 6.56. The molecule has 0 aliphatic heterocycles. The number of unbranched alkanes of at least 4 members (excludes halogenated alkanes) is 6. The second-order valence-corrected chi connectivity index (χ2v) is 14.4. The highest BCUT2D eigenvalue weighted by atomic mass is 14.8. The highest BCUT2D eigenvalue weighted by Crippen LogP contribution is 2.36. The predicted octanol–water partition coefficient (Wildman–Crippen LogP) is 12.9. The zero-order valence-electron chi connectivity index (χ0n) is 31.0. The lowest BCUT2D eigenvalue weighted by Gasteiger charge is -2.27. The summed E-state index contributed by atoms with van der Waals surface area (Å²) < 4.78 is 0. The lowest BCUT2D eigenvalue weighted by Crippen LogP contribution is -2.24. The quantitative estimate of drug-likeness (QED) is 0.0973. The van der Waals surface area contributed by atoms with Crippen LogP contribution >= 0.6 is 0 Å². The van der Waals surface area contributed by atoms with Gasteiger partial charge in [-0.25, -0.2) is 0 Å². The van der Waals surface area contributed by atoms with Crippen molar-refractivity contribution in [1.29, 1.82) is 0 Å². The SMILES string of the molecule is CCCCCCC(/C=C(\C)C1=CC=C(/C(C)=C/C(CCCCCC)=C(\C)C(C)(C)CC)C(=N/C)/C1=N\C)=C(/C)C(C)(C)C. The summed E-state index contributed by atoms with van der Waals surface area (Å²) in [6.45, 7) is 27.8. The minimum Gasteiger partial charge on any atom is -0.286 e. The van der Waals surface area contributed by atoms with Gasteiger partial charge in [0, 0.05) is 25.2 Å². The second-order valence-electron chi connectivity index (χ2n) is 14.4. The van der Waals surface area contributed by atoms with Crippen LogP contribution in [0, 0.1) is 10.8 Å². The maximum Gasteiger partial charge on any atom is 0.0903 e. The normalized spacial score (nSPS) is 18.6. The van der Waals surface area contributed by atoms with Crippen LogP contribution in [0.2, 0.25) is 0 Å². The highest BCUT2D eigenvalue weighted by Gasteiger charge is 2.25. The second kappa shape index (κ2) is 18.6. The summed E-state index contributed by atoms with van der Waals surface area (Å²) in [5.74, 6) is 0. The van der Waals surface area contributed by atoms with Crippen molar-refractivity contribution in [3.05, 3.63) is 68.9 Å². The number of hydrogen-bond acceptors (Lipinski definition) is 2. The fourth-order valence-electron chi connectivity index (χ4n) is 5.75. The zero-order valence-corrected chi connectivity index (χ0v) is 31.0. The summed E-state index contributed by atoms with van der Waals surface area (Å²) in [4.78, 5) is 9.68. The number of aliphatic imine (C=N–C) groups is 2. The summed E-state index contributed by atoms with van der Waals surface area (Å²) in [5, 5.41) is 0. The van der Waals surface area contributed by atoms with E-state index in [1.54, 1.807) is 0 Å². The van der Waals surface area contributed by atoms with Gasteiger partial charge in [0.1, 0.15) is 0 Å². The summed E-state index contributed by atoms with van der Waals surface area (Å²) in [6.07, 6.45) is 23.1. The van der Waals surface area contributed by atoms with Gasteiger partial charge in [0.15, 0.2) is 0 Å². The van der Waals surface area contributed by atoms with Crippen molar-refractivity contribution in [3.63, 3.8) is 0 Å². The topological polar surface area (TPSA) is 24.7 Å². The smallest absolute Gasteiger partial charge is 0.0903 e. The molecule has 0 N–H and O–H groups in total. The van der Waals surface area contributed by atoms with E-state index in [1.807, 2.05) is 14.1 Å². The summed E-state index contributed by atoms with van der Waals surface area (Å²) >= 11 is 0. The Bertz CT molecular complexity index is 1160. The molecule has 242 valence electrons. The lowest BCUT2D eigenvalue weighted by molar-refractivity contribution is 0.424. The summed E-state index contributed by atoms with van der Waals surface area (Å²) in [5.41, 5.74) is 13.2. The maximum absolute atomic E-state index is 4.84. The van der Waals surface area contributed by atoms with Gasteiger partial charge in [-0.1, -0.05) is 129 Å². The monoisotopic (exact) mass is 589 g/mol. The molecule has 0 aromatic rings. The van der Waals surface area contributed by atoms with Crippen molar-refractivity contribution in [3.8, 4) is 0 Å². The lowest BCUT2D eigenvalue weighted by atomic mass is 9.78. The van der Waals surface area contributed by atoms with E-state index >= 15 is 0 Å². The van der Waals surface area contributed by atoms with Gasteiger partial charge in [0.25, 0.3) is 0 Å². The van der Waals surface area contributed by atoms with E-state index in [0.717, 1.165) is 30.7 Å². The Kier molecular flexibility index (Phi) is 16.7. The van der Waals surface area contributed by atoms with Gasteiger partial charge in [0.05, 0.1) is 11.4 Å². The molecule has 0 atom stereocenters. The molecule has 0 saturated heterocycles. The van der Waals surface area contributed by atoms with Crippen molar-refractivity contribution in [1.82, 2.24) is 0 Å². The van der Waals surface area contributed by atoms with Gasteiger partial charge in [-0.3, -0.25) is 9.98 Å². The summed E-state index contributed by atoms with van der Waals surface area (Å²) in [6, 6.07) is 0. The number of allylic oxidation sites excluding steroid dienone is 12. The Morgan fingerprint density at radius 1 is 0.605 bits per heavy atom. The van der Waals surface area contributed by atoms with E-state index in [1.165, 1.54) is 96.0 Å². The van der Waals surface area contributed by atoms with Crippen molar-refractivity contribution in [2.45, 2.75) is 154 Å². The van der Waals surface area contributed by atoms with E-state index < -0.39 is 0 Å². The van der Waals surface area contributed by atoms with Crippen molar-refractivity contribution in [2.75, 3.05) is 14.1 Å². The first-order chi connectivity index (χ1) is 20.2. The Morgan fingerprint density at radius 2 is 1.00 bits per heavy atom. The Labute approximate surface area is 268 Å². The van der Waals surface area contributed by atoms with Gasteiger partial charge < -0.3 is 0 Å². The molecule has 0 aromatic heterocycles. The van der Waals surface area contributed by atoms with Gasteiger partial charge in [-0.15, -0.1) is 0 Å². The predicted molar refractivity (Wildman–Crippen MR) is 197 cm³/mol. The van der Waals surface area contributed by atoms with Crippen LogP contribution in [0.25, 0.3) is 0 Å². The molecule has 0 amide bonds. The molecule has 0 saturated carbocycles. The van der Waals surface area contributed by atoms with Crippen LogP contribution in [0.3, 0.4) is 0 Å². The number of nitrogens with zero attached hydrogens (tertiary/aromatic N) is 2. The molecule has 1 rings (SSSR count). The van der Waals surface area contributed by atoms with E-state index in [2.05, 4.69) is 107 Å². The third-order valence-electron chi connectivity index (χ3n) is 9.82. The first-order valence-corrected chi connectivity index (χ1v) is 17.3. The molecule has 1 aliphatic rings. The Morgan fingerprint density at radius 3 is 1.33 bits per heavy atom. The zero-order chi connectivity index (χ0) is 32.8. The average Bonchev–Trinajstić information content (AvgIpc) is 2.97. The molecule has 2 nitrogen and oxygen atoms in total. The molecule has 0 heterocycles. The molecular weight excluding hydrogens is 520 g/mol. The van der Waals surface area contributed by atoms with Crippen LogP contribution in [-0.4, -0.2) is 25.5 Å². The Hall–Kier alpha value is -2.22. The molecule has 0 aromatic carbocycles. The average molecular weight is 589 g/mol. The molecule has 0 unspecified atom stereocenters. The molecule has 0 spiro atoms. The standard InChI is InChI=1S/C41H68N2/c1-15-18-20-22-24-34(32(6)40(8,9)10)28-30(4)36-26-27-37(39(43-14)38(36)42-13)31(5)29-35(25-23-21-19-16-2)33(7)41(11,12)17-3/h26-29H,15-25H2,1-14H3/b30-28+,31-29+,34-32+,35-33+,42-38-,43-39-. The minimum absolute atomic E-state index is 0.150. The van der Waals surface area contributed by atoms with E-state index in [9.17, 15) is 0 Å². The first-order valence-electron chi connectivity index (χ1n) is 17.3. The molecule has 43 heavy (non-hydrogen) atoms. The molecule has 0 radical (unpaired) electrons. The maximum atomic E-state index is 4.84. The van der Waals surface area contributed by atoms with Crippen LogP contribution in [0.1, 0.15) is 154 Å². The minimum atomic E-state index is 0.150. The molecule has 0 bridgehead atoms. The van der Waals surface area contributed by atoms with Crippen molar-refractivity contribution >= 4 is 11.4 Å². The first kappa shape index (κ1) is 38.8. The summed E-state index contributed by atoms with van der Waals surface area (Å²) in [7, 11) is 3.83. The van der Waals surface area contributed by atoms with Crippen molar-refractivity contribution in [2.24, 2.45) is 20.8 Å². The van der Waals surface area contributed by atoms with Gasteiger partial charge in [0.2, 0.25) is 0 Å². The number of hydrogen-bond donors (Lipinski definition) is 0. The largest absolute Gasteiger partial charge is 0.286 e. The Balaban J connectivity index is 3.66. The van der Waals surface area contributed by atoms with Gasteiger partial charge in [-0.05, 0) is 92.9 Å². The molecular formula is C41H68N2. The number of rotatable bonds is 16. The third kappa shape index (κ3) is 11.7. The third-order valence-corrected chi connectivity index (χ3v) is 9.82. The molecule has 0 fully saturated rings. The fourth-order valence-corrected chi connectivity index (χ4v) is 5.75. The van der Waals surface area contributed by atoms with E-state index in [-0.39, 0.29) is 10.8 Å². The van der Waals surface area contributed by atoms with Crippen LogP contribution in [-0.2, 0) is 0 Å². The fraction of sp³-hybridized carbons (Fsp3) is 0.659. The van der Waals surface area contributed by atoms with E-state index in [0.29, 0.717) is 0 Å². The molecule has 2 heteroatoms. The van der Waals surface area contributed by atoms with Crippen LogP contribution in [0.4, 0.5) is 0 Å². The molecule has 1 aliphatic carbocycles. The van der Waals surface area contributed by atoms with Crippen LogP contribution in [0.5, 0.6) is 0 Å². The van der Waals surface area contributed by atoms with Crippen LogP contribution in [0.15, 0.2) is 78.9 Å². The van der Waals surface area contributed by atoms with Gasteiger partial charge >= 0.3 is 0 Å². The van der Waals surface area contributed by atoms with Crippen molar-refractivity contribution < 1.29 is 0 Å². The van der Waals surface area contributed by atoms with Gasteiger partial charge in [-0.2, -0.15) is 0 Å². The van der Waals surface area contributed by atoms with E-state index in [4.69, 9.17) is 9.98 Å².